The number of benzene rings is 1. The first-order valence-corrected chi connectivity index (χ1v) is 12.2. The summed E-state index contributed by atoms with van der Waals surface area (Å²) in [5, 5.41) is 0.739. The fourth-order valence-corrected chi connectivity index (χ4v) is 5.08. The number of amides is 1. The van der Waals surface area contributed by atoms with Gasteiger partial charge in [-0.3, -0.25) is 4.79 Å². The summed E-state index contributed by atoms with van der Waals surface area (Å²) in [7, 11) is -3.36. The number of thioether (sulfide) groups is 1. The molecule has 1 aromatic carbocycles. The van der Waals surface area contributed by atoms with Gasteiger partial charge in [0, 0.05) is 25.8 Å². The number of hydrogen-bond donors (Lipinski definition) is 1. The van der Waals surface area contributed by atoms with Gasteiger partial charge in [-0.05, 0) is 42.7 Å². The molecule has 28 heavy (non-hydrogen) atoms. The van der Waals surface area contributed by atoms with Crippen LogP contribution in [0.1, 0.15) is 28.8 Å². The van der Waals surface area contributed by atoms with Crippen LogP contribution in [0.3, 0.4) is 0 Å². The topological polar surface area (TPSA) is 79.4 Å². The Labute approximate surface area is 170 Å². The summed E-state index contributed by atoms with van der Waals surface area (Å²) in [6.45, 7) is 1.68. The van der Waals surface area contributed by atoms with Gasteiger partial charge in [0.05, 0.1) is 11.3 Å². The van der Waals surface area contributed by atoms with Crippen molar-refractivity contribution in [2.24, 2.45) is 5.92 Å². The molecule has 0 atom stereocenters. The van der Waals surface area contributed by atoms with Gasteiger partial charge in [-0.15, -0.1) is 11.8 Å². The number of sulfonamides is 1. The number of hydrogen-bond acceptors (Lipinski definition) is 5. The first kappa shape index (κ1) is 20.8. The second kappa shape index (κ2) is 9.54. The van der Waals surface area contributed by atoms with Crippen molar-refractivity contribution in [3.63, 3.8) is 0 Å². The van der Waals surface area contributed by atoms with Crippen LogP contribution < -0.4 is 4.72 Å². The third-order valence-corrected chi connectivity index (χ3v) is 6.92. The van der Waals surface area contributed by atoms with Crippen LogP contribution in [-0.4, -0.2) is 50.1 Å². The van der Waals surface area contributed by atoms with E-state index in [1.54, 1.807) is 12.3 Å². The quantitative estimate of drug-likeness (QED) is 0.698. The summed E-state index contributed by atoms with van der Waals surface area (Å²) in [5.74, 6) is 0.230. The van der Waals surface area contributed by atoms with E-state index >= 15 is 0 Å². The van der Waals surface area contributed by atoms with Crippen molar-refractivity contribution in [3.8, 4) is 0 Å². The molecular weight excluding hydrogens is 394 g/mol. The van der Waals surface area contributed by atoms with Crippen molar-refractivity contribution in [2.75, 3.05) is 25.9 Å². The molecule has 0 spiro atoms. The van der Waals surface area contributed by atoms with E-state index in [9.17, 15) is 13.2 Å². The highest BCUT2D eigenvalue weighted by Gasteiger charge is 2.26. The lowest BCUT2D eigenvalue weighted by Gasteiger charge is -2.32. The van der Waals surface area contributed by atoms with Gasteiger partial charge in [0.15, 0.2) is 0 Å². The van der Waals surface area contributed by atoms with Crippen molar-refractivity contribution in [1.29, 1.82) is 0 Å². The fraction of sp³-hybridized carbons (Fsp3) is 0.400. The van der Waals surface area contributed by atoms with Crippen LogP contribution in [0.25, 0.3) is 0 Å². The predicted molar refractivity (Wildman–Crippen MR) is 112 cm³/mol. The molecule has 0 radical (unpaired) electrons. The average molecular weight is 420 g/mol. The van der Waals surface area contributed by atoms with Gasteiger partial charge in [-0.1, -0.05) is 30.3 Å². The third kappa shape index (κ3) is 5.56. The van der Waals surface area contributed by atoms with Crippen LogP contribution >= 0.6 is 11.8 Å². The Balaban J connectivity index is 1.49. The largest absolute Gasteiger partial charge is 0.339 e. The molecule has 3 rings (SSSR count). The van der Waals surface area contributed by atoms with Gasteiger partial charge < -0.3 is 4.90 Å². The number of nitrogens with one attached hydrogen (secondary N) is 1. The number of rotatable bonds is 7. The van der Waals surface area contributed by atoms with Crippen molar-refractivity contribution < 1.29 is 13.2 Å². The van der Waals surface area contributed by atoms with Crippen molar-refractivity contribution in [2.45, 2.75) is 23.6 Å². The molecule has 2 aromatic rings. The maximum Gasteiger partial charge on any atom is 0.256 e. The Morgan fingerprint density at radius 2 is 1.89 bits per heavy atom. The summed E-state index contributed by atoms with van der Waals surface area (Å²) in [6.07, 6.45) is 5.17. The molecule has 8 heteroatoms. The van der Waals surface area contributed by atoms with Crippen LogP contribution in [-0.2, 0) is 15.8 Å². The molecule has 1 aliphatic rings. The molecule has 1 N–H and O–H groups in total. The van der Waals surface area contributed by atoms with E-state index in [4.69, 9.17) is 0 Å². The zero-order chi connectivity index (χ0) is 20.0. The first-order valence-electron chi connectivity index (χ1n) is 9.28. The molecule has 6 nitrogen and oxygen atoms in total. The Bertz CT molecular complexity index is 896. The third-order valence-electron chi connectivity index (χ3n) is 4.89. The molecule has 0 bridgehead atoms. The average Bonchev–Trinajstić information content (AvgIpc) is 2.72. The van der Waals surface area contributed by atoms with Gasteiger partial charge in [0.2, 0.25) is 10.0 Å². The smallest absolute Gasteiger partial charge is 0.256 e. The Morgan fingerprint density at radius 1 is 1.18 bits per heavy atom. The van der Waals surface area contributed by atoms with E-state index in [0.29, 0.717) is 25.2 Å². The Kier molecular flexibility index (Phi) is 7.09. The highest BCUT2D eigenvalue weighted by molar-refractivity contribution is 7.98. The lowest BCUT2D eigenvalue weighted by molar-refractivity contribution is 0.0687. The van der Waals surface area contributed by atoms with E-state index in [0.717, 1.165) is 23.4 Å². The number of nitrogens with zero attached hydrogens (tertiary/aromatic N) is 2. The summed E-state index contributed by atoms with van der Waals surface area (Å²) in [6, 6.07) is 12.7. The minimum absolute atomic E-state index is 0.000517. The zero-order valence-corrected chi connectivity index (χ0v) is 17.5. The second-order valence-electron chi connectivity index (χ2n) is 6.89. The van der Waals surface area contributed by atoms with Crippen LogP contribution in [0.15, 0.2) is 53.7 Å². The molecule has 1 fully saturated rings. The normalized spacial score (nSPS) is 15.5. The van der Waals surface area contributed by atoms with Crippen molar-refractivity contribution in [1.82, 2.24) is 14.6 Å². The van der Waals surface area contributed by atoms with Crippen LogP contribution in [0.4, 0.5) is 0 Å². The van der Waals surface area contributed by atoms with Gasteiger partial charge in [0.25, 0.3) is 5.91 Å². The molecule has 1 saturated heterocycles. The van der Waals surface area contributed by atoms with Crippen LogP contribution in [0.5, 0.6) is 0 Å². The van der Waals surface area contributed by atoms with Gasteiger partial charge >= 0.3 is 0 Å². The number of carbonyl (C=O) groups excluding carboxylic acids is 1. The monoisotopic (exact) mass is 419 g/mol. The molecule has 1 amide bonds. The minimum atomic E-state index is -3.36. The molecule has 2 heterocycles. The number of aromatic nitrogens is 1. The fourth-order valence-electron chi connectivity index (χ4n) is 3.32. The summed E-state index contributed by atoms with van der Waals surface area (Å²) >= 11 is 1.46. The molecule has 1 aliphatic heterocycles. The molecule has 0 unspecified atom stereocenters. The lowest BCUT2D eigenvalue weighted by Crippen LogP contribution is -2.41. The second-order valence-corrected chi connectivity index (χ2v) is 9.49. The molecular formula is C20H25N3O3S2. The van der Waals surface area contributed by atoms with Gasteiger partial charge in [0.1, 0.15) is 5.03 Å². The number of pyridine rings is 1. The zero-order valence-electron chi connectivity index (χ0n) is 15.9. The lowest BCUT2D eigenvalue weighted by atomic mass is 9.97. The van der Waals surface area contributed by atoms with E-state index in [-0.39, 0.29) is 17.6 Å². The predicted octanol–water partition coefficient (Wildman–Crippen LogP) is 2.78. The molecule has 0 aliphatic carbocycles. The summed E-state index contributed by atoms with van der Waals surface area (Å²) in [4.78, 5) is 18.9. The van der Waals surface area contributed by atoms with Crippen LogP contribution in [0.2, 0.25) is 0 Å². The maximum absolute atomic E-state index is 12.8. The summed E-state index contributed by atoms with van der Waals surface area (Å²) in [5.41, 5.74) is 1.41. The standard InChI is InChI=1S/C20H25N3O3S2/c1-27-19-18(8-5-11-21-19)20(24)23-12-9-16(10-13-23)14-22-28(25,26)15-17-6-3-2-4-7-17/h2-8,11,16,22H,9-10,12-15H2,1H3. The Hall–Kier alpha value is -1.90. The van der Waals surface area contributed by atoms with Gasteiger partial charge in [-0.2, -0.15) is 0 Å². The van der Waals surface area contributed by atoms with E-state index in [1.165, 1.54) is 11.8 Å². The maximum atomic E-state index is 12.8. The summed E-state index contributed by atoms with van der Waals surface area (Å²) < 4.78 is 27.3. The molecule has 1 aromatic heterocycles. The number of likely N-dealkylation sites (tertiary alicyclic amines) is 1. The molecule has 150 valence electrons. The first-order chi connectivity index (χ1) is 13.5. The highest BCUT2D eigenvalue weighted by Crippen LogP contribution is 2.23. The van der Waals surface area contributed by atoms with Gasteiger partial charge in [-0.25, -0.2) is 18.1 Å². The molecule has 0 saturated carbocycles. The van der Waals surface area contributed by atoms with Crippen molar-refractivity contribution in [3.05, 3.63) is 59.8 Å². The van der Waals surface area contributed by atoms with Crippen molar-refractivity contribution >= 4 is 27.7 Å². The highest BCUT2D eigenvalue weighted by atomic mass is 32.2. The van der Waals surface area contributed by atoms with E-state index in [2.05, 4.69) is 9.71 Å². The number of piperidine rings is 1. The van der Waals surface area contributed by atoms with E-state index in [1.807, 2.05) is 47.6 Å². The number of carbonyl (C=O) groups is 1. The minimum Gasteiger partial charge on any atom is -0.339 e. The Morgan fingerprint density at radius 3 is 2.57 bits per heavy atom. The van der Waals surface area contributed by atoms with E-state index < -0.39 is 10.0 Å². The SMILES string of the molecule is CSc1ncccc1C(=O)N1CCC(CNS(=O)(=O)Cc2ccccc2)CC1. The van der Waals surface area contributed by atoms with Crippen LogP contribution in [0, 0.1) is 5.92 Å².